The van der Waals surface area contributed by atoms with E-state index in [0.29, 0.717) is 5.76 Å². The Bertz CT molecular complexity index is 710. The van der Waals surface area contributed by atoms with Crippen LogP contribution < -0.4 is 0 Å². The van der Waals surface area contributed by atoms with Gasteiger partial charge in [0.2, 0.25) is 0 Å². The highest BCUT2D eigenvalue weighted by molar-refractivity contribution is 5.92. The molecule has 25 heavy (non-hydrogen) atoms. The lowest BCUT2D eigenvalue weighted by Gasteiger charge is -2.29. The van der Waals surface area contributed by atoms with Gasteiger partial charge in [0.15, 0.2) is 11.9 Å². The molecule has 3 fully saturated rings. The van der Waals surface area contributed by atoms with E-state index in [1.54, 1.807) is 6.92 Å². The summed E-state index contributed by atoms with van der Waals surface area (Å²) in [7, 11) is 0. The minimum Gasteiger partial charge on any atom is -0.462 e. The summed E-state index contributed by atoms with van der Waals surface area (Å²) in [4.78, 5) is 31.8. The lowest BCUT2D eigenvalue weighted by Crippen LogP contribution is -2.55. The summed E-state index contributed by atoms with van der Waals surface area (Å²) < 4.78 is 19.0. The second kappa shape index (κ2) is 5.92. The molecule has 10 nitrogen and oxygen atoms in total. The summed E-state index contributed by atoms with van der Waals surface area (Å²) in [6.07, 6.45) is -2.00. The average Bonchev–Trinajstić information content (AvgIpc) is 3.26. The first-order valence-electron chi connectivity index (χ1n) is 7.46. The molecule has 0 radical (unpaired) electrons. The molecule has 1 aromatic heterocycles. The first-order valence-corrected chi connectivity index (χ1v) is 7.46. The zero-order valence-electron chi connectivity index (χ0n) is 13.1. The average molecular weight is 356 g/mol. The van der Waals surface area contributed by atoms with Crippen LogP contribution in [0.25, 0.3) is 0 Å². The van der Waals surface area contributed by atoms with Gasteiger partial charge >= 0.3 is 17.9 Å². The third-order valence-electron chi connectivity index (χ3n) is 4.11. The van der Waals surface area contributed by atoms with Crippen LogP contribution in [0.15, 0.2) is 16.5 Å². The first kappa shape index (κ1) is 17.5. The van der Waals surface area contributed by atoms with Crippen molar-refractivity contribution in [3.63, 3.8) is 0 Å². The topological polar surface area (TPSA) is 153 Å². The van der Waals surface area contributed by atoms with Gasteiger partial charge in [0.05, 0.1) is 19.4 Å². The molecule has 0 aliphatic carbocycles. The minimum atomic E-state index is -2.47. The van der Waals surface area contributed by atoms with Crippen molar-refractivity contribution >= 4 is 17.9 Å². The summed E-state index contributed by atoms with van der Waals surface area (Å²) >= 11 is 0. The van der Waals surface area contributed by atoms with Gasteiger partial charge in [-0.3, -0.25) is 9.59 Å². The normalized spacial score (nSPS) is 36.6. The van der Waals surface area contributed by atoms with E-state index in [-0.39, 0.29) is 25.2 Å². The largest absolute Gasteiger partial charge is 0.462 e. The summed E-state index contributed by atoms with van der Waals surface area (Å²) in [6.45, 7) is 1.38. The number of furan rings is 1. The molecule has 4 heterocycles. The first-order chi connectivity index (χ1) is 11.7. The standard InChI is InChI=1S/C11H12O7.C4H4O3/c1-5-2-3-7(17-5)10(14)9(13)18-8-6(12)4-16-11(8,10)15;5-3-1-2-4(6)7-3/h2-3,6,8,12,14-15H,4H2,1H3;1-2H2/t6-,8+,10+,11-;/m0./s1. The SMILES string of the molecule is Cc1ccc([C@@]2(O)C(=O)O[C@@H]3[C@@H](O)CO[C@@]32O)o1.O=C1CCC(=O)O1. The summed E-state index contributed by atoms with van der Waals surface area (Å²) in [5.41, 5.74) is -2.47. The van der Waals surface area contributed by atoms with Gasteiger partial charge in [-0.25, -0.2) is 4.79 Å². The molecule has 4 atom stereocenters. The Morgan fingerprint density at radius 3 is 2.24 bits per heavy atom. The number of carbonyl (C=O) groups is 3. The molecule has 3 aliphatic heterocycles. The van der Waals surface area contributed by atoms with Crippen LogP contribution >= 0.6 is 0 Å². The van der Waals surface area contributed by atoms with E-state index in [9.17, 15) is 29.7 Å². The highest BCUT2D eigenvalue weighted by Crippen LogP contribution is 2.48. The summed E-state index contributed by atoms with van der Waals surface area (Å²) in [6, 6.07) is 2.88. The van der Waals surface area contributed by atoms with Gasteiger partial charge in [-0.1, -0.05) is 0 Å². The van der Waals surface area contributed by atoms with E-state index in [2.05, 4.69) is 4.74 Å². The van der Waals surface area contributed by atoms with Gasteiger partial charge in [0.25, 0.3) is 11.4 Å². The second-order valence-electron chi connectivity index (χ2n) is 5.87. The molecular formula is C15H16O10. The molecule has 3 aliphatic rings. The number of fused-ring (bicyclic) bond motifs is 1. The molecule has 0 aromatic carbocycles. The number of rotatable bonds is 1. The molecule has 4 rings (SSSR count). The lowest BCUT2D eigenvalue weighted by atomic mass is 9.89. The van der Waals surface area contributed by atoms with Crippen LogP contribution in [0.5, 0.6) is 0 Å². The number of esters is 3. The molecule has 0 amide bonds. The zero-order chi connectivity index (χ0) is 18.4. The predicted octanol–water partition coefficient (Wildman–Crippen LogP) is -1.37. The molecule has 0 saturated carbocycles. The van der Waals surface area contributed by atoms with Crippen molar-refractivity contribution in [3.8, 4) is 0 Å². The molecule has 136 valence electrons. The highest BCUT2D eigenvalue weighted by Gasteiger charge is 2.75. The van der Waals surface area contributed by atoms with Crippen LogP contribution in [0.2, 0.25) is 0 Å². The minimum absolute atomic E-state index is 0.177. The van der Waals surface area contributed by atoms with Crippen molar-refractivity contribution < 1.29 is 48.3 Å². The number of cyclic esters (lactones) is 2. The van der Waals surface area contributed by atoms with Gasteiger partial charge in [-0.05, 0) is 19.1 Å². The van der Waals surface area contributed by atoms with E-state index in [1.807, 2.05) is 0 Å². The Hall–Kier alpha value is -2.27. The van der Waals surface area contributed by atoms with Crippen molar-refractivity contribution in [2.45, 2.75) is 43.4 Å². The van der Waals surface area contributed by atoms with Crippen molar-refractivity contribution in [2.75, 3.05) is 6.61 Å². The quantitative estimate of drug-likeness (QED) is 0.406. The van der Waals surface area contributed by atoms with Crippen molar-refractivity contribution in [2.24, 2.45) is 0 Å². The fraction of sp³-hybridized carbons (Fsp3) is 0.533. The van der Waals surface area contributed by atoms with Crippen LogP contribution in [0.4, 0.5) is 0 Å². The molecule has 0 spiro atoms. The van der Waals surface area contributed by atoms with E-state index in [4.69, 9.17) is 13.9 Å². The van der Waals surface area contributed by atoms with Crippen LogP contribution in [0.1, 0.15) is 24.4 Å². The maximum absolute atomic E-state index is 11.8. The highest BCUT2D eigenvalue weighted by atomic mass is 16.7. The van der Waals surface area contributed by atoms with Crippen molar-refractivity contribution in [3.05, 3.63) is 23.7 Å². The zero-order valence-corrected chi connectivity index (χ0v) is 13.1. The lowest BCUT2D eigenvalue weighted by molar-refractivity contribution is -0.271. The van der Waals surface area contributed by atoms with E-state index >= 15 is 0 Å². The van der Waals surface area contributed by atoms with Gasteiger partial charge < -0.3 is 33.9 Å². The third-order valence-corrected chi connectivity index (χ3v) is 4.11. The maximum Gasteiger partial charge on any atom is 0.352 e. The molecule has 0 bridgehead atoms. The second-order valence-corrected chi connectivity index (χ2v) is 5.87. The number of aryl methyl sites for hydroxylation is 1. The van der Waals surface area contributed by atoms with E-state index in [0.717, 1.165) is 0 Å². The number of carbonyl (C=O) groups excluding carboxylic acids is 3. The number of aliphatic hydroxyl groups excluding tert-OH is 1. The number of hydrogen-bond donors (Lipinski definition) is 3. The fourth-order valence-corrected chi connectivity index (χ4v) is 2.80. The molecule has 1 aromatic rings. The third kappa shape index (κ3) is 2.63. The Kier molecular flexibility index (Phi) is 4.15. The van der Waals surface area contributed by atoms with Crippen LogP contribution in [-0.4, -0.2) is 57.8 Å². The smallest absolute Gasteiger partial charge is 0.352 e. The monoisotopic (exact) mass is 356 g/mol. The molecular weight excluding hydrogens is 340 g/mol. The van der Waals surface area contributed by atoms with Crippen LogP contribution in [0.3, 0.4) is 0 Å². The van der Waals surface area contributed by atoms with Crippen LogP contribution in [0, 0.1) is 6.92 Å². The molecule has 3 saturated heterocycles. The Labute approximate surface area is 140 Å². The Balaban J connectivity index is 0.000000219. The number of aliphatic hydroxyl groups is 3. The van der Waals surface area contributed by atoms with Gasteiger partial charge in [0.1, 0.15) is 11.9 Å². The Morgan fingerprint density at radius 1 is 1.12 bits per heavy atom. The van der Waals surface area contributed by atoms with Gasteiger partial charge in [-0.15, -0.1) is 0 Å². The summed E-state index contributed by atoms with van der Waals surface area (Å²) in [5, 5.41) is 30.3. The maximum atomic E-state index is 11.8. The number of ether oxygens (including phenoxy) is 3. The van der Waals surface area contributed by atoms with Crippen molar-refractivity contribution in [1.29, 1.82) is 0 Å². The molecule has 0 unspecified atom stereocenters. The van der Waals surface area contributed by atoms with E-state index in [1.165, 1.54) is 12.1 Å². The summed E-state index contributed by atoms with van der Waals surface area (Å²) in [5.74, 6) is -3.97. The number of hydrogen-bond acceptors (Lipinski definition) is 10. The predicted molar refractivity (Wildman–Crippen MR) is 74.5 cm³/mol. The van der Waals surface area contributed by atoms with Crippen molar-refractivity contribution in [1.82, 2.24) is 0 Å². The van der Waals surface area contributed by atoms with E-state index < -0.39 is 41.5 Å². The molecule has 3 N–H and O–H groups in total. The van der Waals surface area contributed by atoms with Gasteiger partial charge in [-0.2, -0.15) is 0 Å². The van der Waals surface area contributed by atoms with Gasteiger partial charge in [0, 0.05) is 0 Å². The van der Waals surface area contributed by atoms with Crippen LogP contribution in [-0.2, 0) is 34.2 Å². The Morgan fingerprint density at radius 2 is 1.76 bits per heavy atom. The fourth-order valence-electron chi connectivity index (χ4n) is 2.80. The molecule has 10 heteroatoms.